The summed E-state index contributed by atoms with van der Waals surface area (Å²) in [5, 5.41) is 0. The van der Waals surface area contributed by atoms with E-state index in [-0.39, 0.29) is 10.5 Å². The van der Waals surface area contributed by atoms with Crippen LogP contribution in [0.3, 0.4) is 0 Å². The second-order valence-electron chi connectivity index (χ2n) is 6.73. The number of hydrogen-bond donors (Lipinski definition) is 0. The minimum absolute atomic E-state index is 0.0666. The fourth-order valence-corrected chi connectivity index (χ4v) is 8.09. The molecule has 0 amide bonds. The molecule has 2 aromatic heterocycles. The third-order valence-corrected chi connectivity index (χ3v) is 9.30. The SMILES string of the molecule is C=S1c2cc(-c3ccc(C)cc3)sc2-c2sc(-c3ccc(C)cc3)cc21. The summed E-state index contributed by atoms with van der Waals surface area (Å²) in [6.45, 7) is 4.27. The summed E-state index contributed by atoms with van der Waals surface area (Å²) < 4.78 is 0. The van der Waals surface area contributed by atoms with Crippen LogP contribution in [0.15, 0.2) is 70.5 Å². The van der Waals surface area contributed by atoms with Gasteiger partial charge in [0.2, 0.25) is 0 Å². The number of thiophene rings is 2. The van der Waals surface area contributed by atoms with E-state index in [0.29, 0.717) is 0 Å². The van der Waals surface area contributed by atoms with Crippen molar-refractivity contribution in [2.24, 2.45) is 0 Å². The molecule has 5 rings (SSSR count). The van der Waals surface area contributed by atoms with E-state index in [1.165, 1.54) is 51.6 Å². The Hall–Kier alpha value is -1.94. The van der Waals surface area contributed by atoms with Gasteiger partial charge in [-0.3, -0.25) is 0 Å². The van der Waals surface area contributed by atoms with Crippen molar-refractivity contribution in [3.05, 3.63) is 71.8 Å². The van der Waals surface area contributed by atoms with E-state index in [2.05, 4.69) is 80.4 Å². The van der Waals surface area contributed by atoms with Crippen molar-refractivity contribution in [2.75, 3.05) is 0 Å². The molecule has 0 atom stereocenters. The molecule has 0 saturated carbocycles. The Balaban J connectivity index is 1.59. The number of rotatable bonds is 2. The number of fused-ring (bicyclic) bond motifs is 3. The fraction of sp³-hybridized carbons (Fsp3) is 0.0870. The molecule has 0 N–H and O–H groups in total. The highest BCUT2D eigenvalue weighted by atomic mass is 32.2. The van der Waals surface area contributed by atoms with Gasteiger partial charge in [-0.15, -0.1) is 33.2 Å². The highest BCUT2D eigenvalue weighted by Crippen LogP contribution is 2.60. The standard InChI is InChI=1S/C23H18S3/c1-14-4-8-16(9-5-14)18-12-20-22(24-18)23-21(26(20)3)13-19(25-23)17-10-6-15(2)7-11-17/h4-13H,3H2,1-2H3. The summed E-state index contributed by atoms with van der Waals surface area (Å²) in [6.07, 6.45) is 0. The molecule has 4 aromatic rings. The second kappa shape index (κ2) is 6.05. The Morgan fingerprint density at radius 2 is 1.04 bits per heavy atom. The number of hydrogen-bond acceptors (Lipinski definition) is 2. The summed E-state index contributed by atoms with van der Waals surface area (Å²) in [5.41, 5.74) is 5.23. The molecule has 0 nitrogen and oxygen atoms in total. The van der Waals surface area contributed by atoms with Gasteiger partial charge in [0.25, 0.3) is 0 Å². The smallest absolute Gasteiger partial charge is 0.0595 e. The van der Waals surface area contributed by atoms with Crippen LogP contribution < -0.4 is 0 Å². The number of benzene rings is 2. The van der Waals surface area contributed by atoms with Gasteiger partial charge in [0.15, 0.2) is 0 Å². The minimum Gasteiger partial charge on any atom is -0.133 e. The fourth-order valence-electron chi connectivity index (χ4n) is 3.27. The zero-order chi connectivity index (χ0) is 17.8. The maximum atomic E-state index is 4.50. The van der Waals surface area contributed by atoms with E-state index in [9.17, 15) is 0 Å². The van der Waals surface area contributed by atoms with Crippen molar-refractivity contribution in [1.82, 2.24) is 0 Å². The lowest BCUT2D eigenvalue weighted by Crippen LogP contribution is -1.74. The van der Waals surface area contributed by atoms with E-state index < -0.39 is 0 Å². The van der Waals surface area contributed by atoms with Crippen molar-refractivity contribution in [1.29, 1.82) is 0 Å². The molecular formula is C23H18S3. The molecule has 0 unspecified atom stereocenters. The van der Waals surface area contributed by atoms with E-state index in [1.54, 1.807) is 0 Å². The van der Waals surface area contributed by atoms with Crippen LogP contribution in [0.25, 0.3) is 30.6 Å². The molecule has 0 fully saturated rings. The Bertz CT molecular complexity index is 1050. The van der Waals surface area contributed by atoms with Crippen molar-refractivity contribution in [2.45, 2.75) is 23.6 Å². The first-order valence-electron chi connectivity index (χ1n) is 8.56. The summed E-state index contributed by atoms with van der Waals surface area (Å²) >= 11 is 3.83. The zero-order valence-corrected chi connectivity index (χ0v) is 17.2. The maximum Gasteiger partial charge on any atom is 0.0595 e. The van der Waals surface area contributed by atoms with Gasteiger partial charge in [0.05, 0.1) is 9.75 Å². The molecule has 0 bridgehead atoms. The van der Waals surface area contributed by atoms with E-state index in [4.69, 9.17) is 0 Å². The highest BCUT2D eigenvalue weighted by molar-refractivity contribution is 8.15. The summed E-state index contributed by atoms with van der Waals surface area (Å²) in [7, 11) is -0.0666. The molecule has 0 radical (unpaired) electrons. The third kappa shape index (κ3) is 2.54. The molecule has 1 aliphatic rings. The zero-order valence-electron chi connectivity index (χ0n) is 14.7. The van der Waals surface area contributed by atoms with Gasteiger partial charge >= 0.3 is 0 Å². The quantitative estimate of drug-likeness (QED) is 0.269. The molecule has 3 heterocycles. The summed E-state index contributed by atoms with van der Waals surface area (Å²) in [5.74, 6) is 4.50. The Morgan fingerprint density at radius 3 is 1.42 bits per heavy atom. The van der Waals surface area contributed by atoms with Crippen LogP contribution >= 0.6 is 33.2 Å². The van der Waals surface area contributed by atoms with Crippen LogP contribution in [0, 0.1) is 13.8 Å². The van der Waals surface area contributed by atoms with Gasteiger partial charge in [-0.05, 0) is 37.1 Å². The normalized spacial score (nSPS) is 13.0. The van der Waals surface area contributed by atoms with Crippen LogP contribution in [-0.2, 0) is 0 Å². The molecule has 0 saturated heterocycles. The monoisotopic (exact) mass is 390 g/mol. The van der Waals surface area contributed by atoms with Gasteiger partial charge < -0.3 is 0 Å². The molecule has 128 valence electrons. The van der Waals surface area contributed by atoms with Crippen LogP contribution in [0.4, 0.5) is 0 Å². The lowest BCUT2D eigenvalue weighted by molar-refractivity contribution is 1.47. The molecule has 2 aromatic carbocycles. The minimum atomic E-state index is -0.0666. The molecule has 1 aliphatic heterocycles. The highest BCUT2D eigenvalue weighted by Gasteiger charge is 2.27. The largest absolute Gasteiger partial charge is 0.133 e. The van der Waals surface area contributed by atoms with Gasteiger partial charge in [-0.2, -0.15) is 0 Å². The maximum absolute atomic E-state index is 4.50. The van der Waals surface area contributed by atoms with Crippen LogP contribution in [0.5, 0.6) is 0 Å². The van der Waals surface area contributed by atoms with Crippen LogP contribution in [0.2, 0.25) is 0 Å². The Labute approximate surface area is 164 Å². The molecular weight excluding hydrogens is 372 g/mol. The Morgan fingerprint density at radius 1 is 0.654 bits per heavy atom. The van der Waals surface area contributed by atoms with Crippen molar-refractivity contribution in [3.63, 3.8) is 0 Å². The lowest BCUT2D eigenvalue weighted by Gasteiger charge is -2.00. The average molecular weight is 391 g/mol. The lowest BCUT2D eigenvalue weighted by atomic mass is 10.1. The molecule has 3 heteroatoms. The number of aryl methyl sites for hydroxylation is 2. The van der Waals surface area contributed by atoms with Gasteiger partial charge in [0, 0.05) is 19.5 Å². The van der Waals surface area contributed by atoms with Crippen LogP contribution in [-0.4, -0.2) is 5.87 Å². The van der Waals surface area contributed by atoms with Gasteiger partial charge in [-0.1, -0.05) is 65.5 Å². The molecule has 0 aliphatic carbocycles. The third-order valence-electron chi connectivity index (χ3n) is 4.81. The molecule has 0 spiro atoms. The predicted molar refractivity (Wildman–Crippen MR) is 119 cm³/mol. The van der Waals surface area contributed by atoms with Gasteiger partial charge in [-0.25, -0.2) is 0 Å². The summed E-state index contributed by atoms with van der Waals surface area (Å²) in [6, 6.07) is 22.4. The van der Waals surface area contributed by atoms with Crippen molar-refractivity contribution < 1.29 is 0 Å². The van der Waals surface area contributed by atoms with Crippen molar-refractivity contribution >= 4 is 39.0 Å². The van der Waals surface area contributed by atoms with E-state index in [0.717, 1.165) is 0 Å². The topological polar surface area (TPSA) is 0 Å². The first-order valence-corrected chi connectivity index (χ1v) is 11.6. The first kappa shape index (κ1) is 16.2. The average Bonchev–Trinajstić information content (AvgIpc) is 3.31. The predicted octanol–water partition coefficient (Wildman–Crippen LogP) is 7.86. The van der Waals surface area contributed by atoms with E-state index >= 15 is 0 Å². The van der Waals surface area contributed by atoms with E-state index in [1.807, 2.05) is 22.7 Å². The van der Waals surface area contributed by atoms with Gasteiger partial charge in [0.1, 0.15) is 0 Å². The van der Waals surface area contributed by atoms with Crippen molar-refractivity contribution in [3.8, 4) is 30.6 Å². The van der Waals surface area contributed by atoms with Crippen LogP contribution in [0.1, 0.15) is 11.1 Å². The molecule has 26 heavy (non-hydrogen) atoms. The summed E-state index contributed by atoms with van der Waals surface area (Å²) in [4.78, 5) is 8.40. The second-order valence-corrected chi connectivity index (χ2v) is 10.5. The first-order chi connectivity index (χ1) is 12.6. The Kier molecular flexibility index (Phi) is 3.78.